The van der Waals surface area contributed by atoms with Crippen molar-refractivity contribution in [3.05, 3.63) is 69.9 Å². The van der Waals surface area contributed by atoms with Gasteiger partial charge in [-0.3, -0.25) is 0 Å². The van der Waals surface area contributed by atoms with Crippen LogP contribution in [0.5, 0.6) is 11.5 Å². The predicted molar refractivity (Wildman–Crippen MR) is 142 cm³/mol. The number of fused-ring (bicyclic) bond motifs is 1. The van der Waals surface area contributed by atoms with E-state index in [1.807, 2.05) is 0 Å². The van der Waals surface area contributed by atoms with Gasteiger partial charge in [-0.15, -0.1) is 0 Å². The molecule has 0 saturated heterocycles. The molecule has 0 amide bonds. The molecule has 1 atom stereocenters. The molecular formula is C30H46NO2+. The number of nitrogens with zero attached hydrogens (tertiary/aromatic N) is 1. The first-order chi connectivity index (χ1) is 15.5. The summed E-state index contributed by atoms with van der Waals surface area (Å²) in [6.07, 6.45) is 14.8. The van der Waals surface area contributed by atoms with Crippen molar-refractivity contribution in [2.75, 3.05) is 19.6 Å². The number of benzene rings is 1. The SMILES string of the molecule is CC(C)=CCC/C(C)=C/C[N+]1(C/C=C(\C)CCC=C(C)C)CCc2cc(O)c(O)cc2C1C. The van der Waals surface area contributed by atoms with E-state index in [9.17, 15) is 10.2 Å². The van der Waals surface area contributed by atoms with E-state index < -0.39 is 0 Å². The minimum atomic E-state index is -0.0116. The van der Waals surface area contributed by atoms with Crippen LogP contribution in [0.3, 0.4) is 0 Å². The highest BCUT2D eigenvalue weighted by Crippen LogP contribution is 2.41. The summed E-state index contributed by atoms with van der Waals surface area (Å²) in [5.41, 5.74) is 7.98. The van der Waals surface area contributed by atoms with Crippen LogP contribution in [0.25, 0.3) is 0 Å². The Balaban J connectivity index is 2.28. The van der Waals surface area contributed by atoms with Crippen LogP contribution in [0.1, 0.15) is 91.3 Å². The summed E-state index contributed by atoms with van der Waals surface area (Å²) in [7, 11) is 0. The molecule has 0 spiro atoms. The summed E-state index contributed by atoms with van der Waals surface area (Å²) in [6.45, 7) is 18.4. The maximum Gasteiger partial charge on any atom is 0.157 e. The second kappa shape index (κ2) is 12.3. The molecule has 1 aromatic carbocycles. The number of hydrogen-bond acceptors (Lipinski definition) is 2. The predicted octanol–water partition coefficient (Wildman–Crippen LogP) is 7.92. The van der Waals surface area contributed by atoms with Crippen LogP contribution in [-0.2, 0) is 6.42 Å². The number of rotatable bonds is 10. The molecule has 3 heteroatoms. The molecule has 0 saturated carbocycles. The Bertz CT molecular complexity index is 885. The Hall–Kier alpha value is -2.26. The zero-order valence-electron chi connectivity index (χ0n) is 22.0. The van der Waals surface area contributed by atoms with Gasteiger partial charge in [-0.25, -0.2) is 0 Å². The van der Waals surface area contributed by atoms with Gasteiger partial charge < -0.3 is 14.7 Å². The highest BCUT2D eigenvalue weighted by Gasteiger charge is 2.38. The molecule has 0 radical (unpaired) electrons. The molecule has 0 aromatic heterocycles. The average Bonchev–Trinajstić information content (AvgIpc) is 2.74. The maximum atomic E-state index is 10.2. The molecule has 182 valence electrons. The molecule has 1 heterocycles. The van der Waals surface area contributed by atoms with Gasteiger partial charge in [0.05, 0.1) is 19.6 Å². The van der Waals surface area contributed by atoms with E-state index in [1.165, 1.54) is 33.4 Å². The Morgan fingerprint density at radius 3 is 1.79 bits per heavy atom. The van der Waals surface area contributed by atoms with E-state index in [4.69, 9.17) is 0 Å². The van der Waals surface area contributed by atoms with Crippen molar-refractivity contribution in [3.63, 3.8) is 0 Å². The molecular weight excluding hydrogens is 406 g/mol. The first kappa shape index (κ1) is 27.0. The van der Waals surface area contributed by atoms with Crippen LogP contribution in [0.15, 0.2) is 58.7 Å². The van der Waals surface area contributed by atoms with Crippen molar-refractivity contribution in [1.29, 1.82) is 0 Å². The molecule has 1 aliphatic heterocycles. The van der Waals surface area contributed by atoms with Crippen molar-refractivity contribution < 1.29 is 14.7 Å². The third-order valence-electron chi connectivity index (χ3n) is 7.12. The first-order valence-electron chi connectivity index (χ1n) is 12.5. The van der Waals surface area contributed by atoms with E-state index in [1.54, 1.807) is 12.1 Å². The van der Waals surface area contributed by atoms with Crippen LogP contribution in [0.4, 0.5) is 0 Å². The fraction of sp³-hybridized carbons (Fsp3) is 0.533. The number of aromatic hydroxyl groups is 2. The van der Waals surface area contributed by atoms with E-state index >= 15 is 0 Å². The lowest BCUT2D eigenvalue weighted by atomic mass is 9.89. The second-order valence-electron chi connectivity index (χ2n) is 10.5. The van der Waals surface area contributed by atoms with Gasteiger partial charge >= 0.3 is 0 Å². The quantitative estimate of drug-likeness (QED) is 0.215. The van der Waals surface area contributed by atoms with Crippen molar-refractivity contribution in [3.8, 4) is 11.5 Å². The molecule has 1 aromatic rings. The third-order valence-corrected chi connectivity index (χ3v) is 7.12. The van der Waals surface area contributed by atoms with Crippen LogP contribution in [0.2, 0.25) is 0 Å². The molecule has 0 bridgehead atoms. The Morgan fingerprint density at radius 2 is 1.30 bits per heavy atom. The van der Waals surface area contributed by atoms with Crippen LogP contribution in [0, 0.1) is 0 Å². The van der Waals surface area contributed by atoms with Gasteiger partial charge in [-0.05, 0) is 104 Å². The third kappa shape index (κ3) is 7.92. The lowest BCUT2D eigenvalue weighted by Crippen LogP contribution is -2.53. The number of phenolic OH excluding ortho intramolecular Hbond substituents is 2. The minimum Gasteiger partial charge on any atom is -0.504 e. The van der Waals surface area contributed by atoms with Crippen LogP contribution >= 0.6 is 0 Å². The van der Waals surface area contributed by atoms with Gasteiger partial charge in [-0.2, -0.15) is 0 Å². The Kier molecular flexibility index (Phi) is 10.0. The average molecular weight is 453 g/mol. The van der Waals surface area contributed by atoms with Crippen molar-refractivity contribution in [2.45, 2.75) is 86.6 Å². The molecule has 0 fully saturated rings. The summed E-state index contributed by atoms with van der Waals surface area (Å²) in [4.78, 5) is 0. The summed E-state index contributed by atoms with van der Waals surface area (Å²) < 4.78 is 0.956. The number of allylic oxidation sites excluding steroid dienone is 6. The summed E-state index contributed by atoms with van der Waals surface area (Å²) >= 11 is 0. The summed E-state index contributed by atoms with van der Waals surface area (Å²) in [5, 5.41) is 20.2. The largest absolute Gasteiger partial charge is 0.504 e. The summed E-state index contributed by atoms with van der Waals surface area (Å²) in [6, 6.07) is 3.80. The highest BCUT2D eigenvalue weighted by atomic mass is 16.3. The van der Waals surface area contributed by atoms with Crippen molar-refractivity contribution in [1.82, 2.24) is 0 Å². The van der Waals surface area contributed by atoms with E-state index in [0.29, 0.717) is 0 Å². The molecule has 1 aliphatic rings. The standard InChI is InChI=1S/C30H45NO2/c1-22(2)10-8-12-24(5)14-17-31(18-15-25(6)13-9-11-23(3)4)19-16-27-20-29(32)30(33)21-28(27)26(31)7/h10-11,14-15,20-21,26H,8-9,12-13,16-19H2,1-7H3,(H-,32,33)/p+1/b24-14+,25-15+. The van der Waals surface area contributed by atoms with Gasteiger partial charge in [0, 0.05) is 12.0 Å². The van der Waals surface area contributed by atoms with Gasteiger partial charge in [0.2, 0.25) is 0 Å². The lowest BCUT2D eigenvalue weighted by Gasteiger charge is -2.46. The normalized spacial score (nSPS) is 20.9. The molecule has 2 N–H and O–H groups in total. The Labute approximate surface area is 202 Å². The number of hydrogen-bond donors (Lipinski definition) is 2. The fourth-order valence-electron chi connectivity index (χ4n) is 4.70. The maximum absolute atomic E-state index is 10.2. The number of quaternary nitrogens is 1. The smallest absolute Gasteiger partial charge is 0.157 e. The molecule has 1 unspecified atom stereocenters. The van der Waals surface area contributed by atoms with Gasteiger partial charge in [0.1, 0.15) is 6.04 Å². The zero-order chi connectivity index (χ0) is 24.6. The molecule has 33 heavy (non-hydrogen) atoms. The topological polar surface area (TPSA) is 40.5 Å². The zero-order valence-corrected chi connectivity index (χ0v) is 22.0. The summed E-state index contributed by atoms with van der Waals surface area (Å²) in [5.74, 6) is -0.0199. The van der Waals surface area contributed by atoms with E-state index in [0.717, 1.165) is 56.2 Å². The van der Waals surface area contributed by atoms with Gasteiger partial charge in [0.25, 0.3) is 0 Å². The monoisotopic (exact) mass is 452 g/mol. The fourth-order valence-corrected chi connectivity index (χ4v) is 4.70. The van der Waals surface area contributed by atoms with Crippen molar-refractivity contribution in [2.24, 2.45) is 0 Å². The lowest BCUT2D eigenvalue weighted by molar-refractivity contribution is -0.947. The van der Waals surface area contributed by atoms with Gasteiger partial charge in [-0.1, -0.05) is 34.4 Å². The first-order valence-corrected chi connectivity index (χ1v) is 12.5. The van der Waals surface area contributed by atoms with Crippen LogP contribution in [-0.4, -0.2) is 34.3 Å². The van der Waals surface area contributed by atoms with E-state index in [2.05, 4.69) is 72.8 Å². The minimum absolute atomic E-state index is 0.00836. The Morgan fingerprint density at radius 1 is 0.818 bits per heavy atom. The van der Waals surface area contributed by atoms with Gasteiger partial charge in [0.15, 0.2) is 11.5 Å². The van der Waals surface area contributed by atoms with E-state index in [-0.39, 0.29) is 17.5 Å². The molecule has 2 rings (SSSR count). The van der Waals surface area contributed by atoms with Crippen molar-refractivity contribution >= 4 is 0 Å². The number of phenols is 2. The highest BCUT2D eigenvalue weighted by molar-refractivity contribution is 5.47. The molecule has 3 nitrogen and oxygen atoms in total. The second-order valence-corrected chi connectivity index (χ2v) is 10.5. The molecule has 0 aliphatic carbocycles. The van der Waals surface area contributed by atoms with Crippen LogP contribution < -0.4 is 0 Å².